The van der Waals surface area contributed by atoms with Crippen LogP contribution in [0.1, 0.15) is 38.7 Å². The third-order valence-electron chi connectivity index (χ3n) is 3.96. The number of carbonyl (C=O) groups excluding carboxylic acids is 3. The van der Waals surface area contributed by atoms with Crippen molar-refractivity contribution in [1.82, 2.24) is 0 Å². The predicted octanol–water partition coefficient (Wildman–Crippen LogP) is 2.27. The van der Waals surface area contributed by atoms with Crippen LogP contribution >= 0.6 is 0 Å². The number of para-hydroxylation sites is 1. The zero-order chi connectivity index (χ0) is 17.7. The van der Waals surface area contributed by atoms with Gasteiger partial charge in [-0.15, -0.1) is 0 Å². The van der Waals surface area contributed by atoms with Crippen molar-refractivity contribution < 1.29 is 23.9 Å². The van der Waals surface area contributed by atoms with Gasteiger partial charge in [-0.3, -0.25) is 14.4 Å². The highest BCUT2D eigenvalue weighted by molar-refractivity contribution is 6.11. The Morgan fingerprint density at radius 3 is 2.21 bits per heavy atom. The molecule has 1 unspecified atom stereocenters. The average Bonchev–Trinajstić information content (AvgIpc) is 2.82. The van der Waals surface area contributed by atoms with E-state index >= 15 is 0 Å². The SMILES string of the molecule is CCCN1C(=O)C(C(C(=O)OCC)C(=O)OCC)c2ccccc21. The van der Waals surface area contributed by atoms with E-state index in [1.807, 2.05) is 19.1 Å². The number of esters is 2. The van der Waals surface area contributed by atoms with E-state index in [0.717, 1.165) is 12.1 Å². The molecule has 1 aliphatic rings. The van der Waals surface area contributed by atoms with Gasteiger partial charge in [0.05, 0.1) is 19.1 Å². The van der Waals surface area contributed by atoms with Gasteiger partial charge in [0, 0.05) is 12.2 Å². The fourth-order valence-corrected chi connectivity index (χ4v) is 3.02. The van der Waals surface area contributed by atoms with Crippen LogP contribution in [-0.4, -0.2) is 37.6 Å². The summed E-state index contributed by atoms with van der Waals surface area (Å²) >= 11 is 0. The molecule has 24 heavy (non-hydrogen) atoms. The Morgan fingerprint density at radius 2 is 1.67 bits per heavy atom. The van der Waals surface area contributed by atoms with Crippen LogP contribution in [0.15, 0.2) is 24.3 Å². The molecule has 1 atom stereocenters. The summed E-state index contributed by atoms with van der Waals surface area (Å²) < 4.78 is 10.1. The van der Waals surface area contributed by atoms with Crippen molar-refractivity contribution in [3.8, 4) is 0 Å². The number of rotatable bonds is 7. The first-order chi connectivity index (χ1) is 11.6. The molecule has 130 valence electrons. The molecule has 6 nitrogen and oxygen atoms in total. The Labute approximate surface area is 141 Å². The van der Waals surface area contributed by atoms with Gasteiger partial charge in [0.15, 0.2) is 5.92 Å². The van der Waals surface area contributed by atoms with Gasteiger partial charge in [-0.1, -0.05) is 25.1 Å². The third kappa shape index (κ3) is 3.27. The molecule has 1 amide bonds. The molecule has 0 bridgehead atoms. The number of fused-ring (bicyclic) bond motifs is 1. The Morgan fingerprint density at radius 1 is 1.08 bits per heavy atom. The molecule has 1 aromatic rings. The number of carbonyl (C=O) groups is 3. The van der Waals surface area contributed by atoms with Crippen molar-refractivity contribution in [2.45, 2.75) is 33.1 Å². The maximum absolute atomic E-state index is 12.9. The Kier molecular flexibility index (Phi) is 5.95. The highest BCUT2D eigenvalue weighted by Gasteiger charge is 2.49. The summed E-state index contributed by atoms with van der Waals surface area (Å²) in [5, 5.41) is 0. The summed E-state index contributed by atoms with van der Waals surface area (Å²) in [7, 11) is 0. The van der Waals surface area contributed by atoms with Crippen LogP contribution < -0.4 is 4.90 Å². The fourth-order valence-electron chi connectivity index (χ4n) is 3.02. The Bertz CT molecular complexity index is 610. The number of benzene rings is 1. The summed E-state index contributed by atoms with van der Waals surface area (Å²) in [4.78, 5) is 39.3. The fraction of sp³-hybridized carbons (Fsp3) is 0.500. The highest BCUT2D eigenvalue weighted by Crippen LogP contribution is 2.42. The Hall–Kier alpha value is -2.37. The number of nitrogens with zero attached hydrogens (tertiary/aromatic N) is 1. The van der Waals surface area contributed by atoms with Crippen molar-refractivity contribution in [3.05, 3.63) is 29.8 Å². The molecule has 1 aromatic carbocycles. The van der Waals surface area contributed by atoms with Crippen LogP contribution in [-0.2, 0) is 23.9 Å². The number of amides is 1. The lowest BCUT2D eigenvalue weighted by Gasteiger charge is -2.21. The minimum absolute atomic E-state index is 0.135. The van der Waals surface area contributed by atoms with E-state index in [-0.39, 0.29) is 19.1 Å². The van der Waals surface area contributed by atoms with Crippen LogP contribution in [0.25, 0.3) is 0 Å². The van der Waals surface area contributed by atoms with E-state index in [4.69, 9.17) is 9.47 Å². The van der Waals surface area contributed by atoms with Gasteiger partial charge in [-0.2, -0.15) is 0 Å². The first-order valence-electron chi connectivity index (χ1n) is 8.30. The second-order valence-corrected chi connectivity index (χ2v) is 5.51. The van der Waals surface area contributed by atoms with Crippen LogP contribution in [0.4, 0.5) is 5.69 Å². The van der Waals surface area contributed by atoms with E-state index in [9.17, 15) is 14.4 Å². The molecule has 2 rings (SSSR count). The molecule has 0 saturated carbocycles. The molecule has 0 fully saturated rings. The van der Waals surface area contributed by atoms with Gasteiger partial charge < -0.3 is 14.4 Å². The van der Waals surface area contributed by atoms with Crippen molar-refractivity contribution in [2.24, 2.45) is 5.92 Å². The zero-order valence-electron chi connectivity index (χ0n) is 14.3. The molecule has 0 aliphatic carbocycles. The summed E-state index contributed by atoms with van der Waals surface area (Å²) in [6.07, 6.45) is 0.774. The molecular weight excluding hydrogens is 310 g/mol. The second kappa shape index (κ2) is 7.95. The molecular formula is C18H23NO5. The van der Waals surface area contributed by atoms with Gasteiger partial charge in [0.1, 0.15) is 0 Å². The predicted molar refractivity (Wildman–Crippen MR) is 88.6 cm³/mol. The molecule has 0 N–H and O–H groups in total. The van der Waals surface area contributed by atoms with Crippen LogP contribution in [0.5, 0.6) is 0 Å². The first kappa shape index (κ1) is 18.0. The monoisotopic (exact) mass is 333 g/mol. The van der Waals surface area contributed by atoms with Crippen molar-refractivity contribution >= 4 is 23.5 Å². The molecule has 6 heteroatoms. The zero-order valence-corrected chi connectivity index (χ0v) is 14.3. The quantitative estimate of drug-likeness (QED) is 0.565. The summed E-state index contributed by atoms with van der Waals surface area (Å²) in [5.41, 5.74) is 1.41. The van der Waals surface area contributed by atoms with E-state index in [1.165, 1.54) is 0 Å². The smallest absolute Gasteiger partial charge is 0.321 e. The second-order valence-electron chi connectivity index (χ2n) is 5.51. The molecule has 0 aromatic heterocycles. The number of hydrogen-bond donors (Lipinski definition) is 0. The number of ether oxygens (including phenoxy) is 2. The minimum atomic E-state index is -1.28. The van der Waals surface area contributed by atoms with Gasteiger partial charge in [0.2, 0.25) is 5.91 Å². The molecule has 0 spiro atoms. The maximum Gasteiger partial charge on any atom is 0.321 e. The van der Waals surface area contributed by atoms with Crippen LogP contribution in [0.3, 0.4) is 0 Å². The molecule has 1 aliphatic heterocycles. The van der Waals surface area contributed by atoms with Crippen molar-refractivity contribution in [3.63, 3.8) is 0 Å². The topological polar surface area (TPSA) is 72.9 Å². The molecule has 1 heterocycles. The summed E-state index contributed by atoms with van der Waals surface area (Å²) in [6.45, 7) is 6.09. The molecule has 0 saturated heterocycles. The lowest BCUT2D eigenvalue weighted by Crippen LogP contribution is -2.39. The van der Waals surface area contributed by atoms with Crippen LogP contribution in [0, 0.1) is 5.92 Å². The summed E-state index contributed by atoms with van der Waals surface area (Å²) in [5.74, 6) is -3.87. The largest absolute Gasteiger partial charge is 0.465 e. The number of anilines is 1. The Balaban J connectivity index is 2.47. The van der Waals surface area contributed by atoms with E-state index in [2.05, 4.69) is 0 Å². The lowest BCUT2D eigenvalue weighted by molar-refractivity contribution is -0.164. The van der Waals surface area contributed by atoms with Crippen molar-refractivity contribution in [2.75, 3.05) is 24.7 Å². The van der Waals surface area contributed by atoms with E-state index in [1.54, 1.807) is 30.9 Å². The highest BCUT2D eigenvalue weighted by atomic mass is 16.6. The standard InChI is InChI=1S/C18H23NO5/c1-4-11-19-13-10-8-7-9-12(13)14(16(19)20)15(17(21)23-5-2)18(22)24-6-3/h7-10,14-15H,4-6,11H2,1-3H3. The maximum atomic E-state index is 12.9. The van der Waals surface area contributed by atoms with E-state index in [0.29, 0.717) is 12.1 Å². The average molecular weight is 333 g/mol. The normalized spacial score (nSPS) is 16.2. The van der Waals surface area contributed by atoms with Gasteiger partial charge >= 0.3 is 11.9 Å². The molecule has 0 radical (unpaired) electrons. The lowest BCUT2D eigenvalue weighted by atomic mass is 9.87. The van der Waals surface area contributed by atoms with Gasteiger partial charge in [-0.05, 0) is 31.9 Å². The van der Waals surface area contributed by atoms with E-state index < -0.39 is 23.8 Å². The minimum Gasteiger partial charge on any atom is -0.465 e. The van der Waals surface area contributed by atoms with Gasteiger partial charge in [0.25, 0.3) is 0 Å². The third-order valence-corrected chi connectivity index (χ3v) is 3.96. The first-order valence-corrected chi connectivity index (χ1v) is 8.30. The number of hydrogen-bond acceptors (Lipinski definition) is 5. The van der Waals surface area contributed by atoms with Gasteiger partial charge in [-0.25, -0.2) is 0 Å². The van der Waals surface area contributed by atoms with Crippen molar-refractivity contribution in [1.29, 1.82) is 0 Å². The van der Waals surface area contributed by atoms with Crippen LogP contribution in [0.2, 0.25) is 0 Å². The summed E-state index contributed by atoms with van der Waals surface area (Å²) in [6, 6.07) is 7.23.